The van der Waals surface area contributed by atoms with E-state index < -0.39 is 30.1 Å². The van der Waals surface area contributed by atoms with E-state index >= 15 is 0 Å². The van der Waals surface area contributed by atoms with Crippen LogP contribution in [0.25, 0.3) is 0 Å². The summed E-state index contributed by atoms with van der Waals surface area (Å²) in [7, 11) is 0. The molecule has 0 fully saturated rings. The fourth-order valence-corrected chi connectivity index (χ4v) is 1.36. The van der Waals surface area contributed by atoms with Crippen LogP contribution in [0.2, 0.25) is 0 Å². The monoisotopic (exact) mass is 251 g/mol. The summed E-state index contributed by atoms with van der Waals surface area (Å²) in [6, 6.07) is 2.12. The second-order valence-electron chi connectivity index (χ2n) is 3.18. The van der Waals surface area contributed by atoms with Crippen molar-refractivity contribution in [2.75, 3.05) is 5.73 Å². The summed E-state index contributed by atoms with van der Waals surface area (Å²) < 4.78 is 53.6. The number of rotatable bonds is 4. The highest BCUT2D eigenvalue weighted by Gasteiger charge is 2.25. The number of nitrogen functional groups attached to an aromatic ring is 1. The first-order valence-corrected chi connectivity index (χ1v) is 4.50. The molecule has 17 heavy (non-hydrogen) atoms. The highest BCUT2D eigenvalue weighted by Crippen LogP contribution is 2.37. The van der Waals surface area contributed by atoms with E-state index in [2.05, 4.69) is 4.74 Å². The van der Waals surface area contributed by atoms with E-state index in [1.54, 1.807) is 0 Å². The summed E-state index contributed by atoms with van der Waals surface area (Å²) in [5.41, 5.74) is 3.61. The van der Waals surface area contributed by atoms with Gasteiger partial charge in [0, 0.05) is 5.56 Å². The van der Waals surface area contributed by atoms with Crippen LogP contribution in [0.4, 0.5) is 23.2 Å². The lowest BCUT2D eigenvalue weighted by Gasteiger charge is -2.15. The molecule has 0 heterocycles. The van der Waals surface area contributed by atoms with Crippen LogP contribution in [0.15, 0.2) is 12.1 Å². The molecule has 0 bridgehead atoms. The van der Waals surface area contributed by atoms with Crippen molar-refractivity contribution in [2.24, 2.45) is 0 Å². The summed E-state index contributed by atoms with van der Waals surface area (Å²) in [6.07, 6.45) is -3.13. The molecule has 0 amide bonds. The fourth-order valence-electron chi connectivity index (χ4n) is 1.36. The van der Waals surface area contributed by atoms with Crippen LogP contribution in [-0.4, -0.2) is 12.4 Å². The molecule has 1 rings (SSSR count). The highest BCUT2D eigenvalue weighted by molar-refractivity contribution is 5.97. The average Bonchev–Trinajstić information content (AvgIpc) is 2.19. The molecule has 7 heteroatoms. The number of carbonyl (C=O) groups excluding carboxylic acids is 1. The third kappa shape index (κ3) is 2.86. The van der Waals surface area contributed by atoms with Gasteiger partial charge in [0.2, 0.25) is 0 Å². The van der Waals surface area contributed by atoms with Gasteiger partial charge in [0.05, 0.1) is 11.3 Å². The number of nitrogens with two attached hydrogens (primary N) is 1. The summed E-state index contributed by atoms with van der Waals surface area (Å²) in [6.45, 7) is -2.25. The van der Waals surface area contributed by atoms with Crippen LogP contribution >= 0.6 is 0 Å². The Morgan fingerprint density at radius 1 is 1.29 bits per heavy atom. The largest absolute Gasteiger partial charge is 0.432 e. The Balaban J connectivity index is 3.43. The van der Waals surface area contributed by atoms with E-state index in [0.29, 0.717) is 0 Å². The molecule has 0 spiro atoms. The van der Waals surface area contributed by atoms with Gasteiger partial charge in [0.15, 0.2) is 11.5 Å². The summed E-state index contributed by atoms with van der Waals surface area (Å²) in [4.78, 5) is 11.1. The minimum absolute atomic E-state index is 0.370. The third-order valence-electron chi connectivity index (χ3n) is 2.03. The molecule has 0 saturated carbocycles. The molecule has 1 aromatic rings. The predicted molar refractivity (Wildman–Crippen MR) is 52.4 cm³/mol. The molecular formula is C10H9F4NO2. The number of carbonyl (C=O) groups is 1. The van der Waals surface area contributed by atoms with Crippen LogP contribution in [0.3, 0.4) is 0 Å². The lowest BCUT2D eigenvalue weighted by molar-refractivity contribution is -0.0515. The molecule has 0 aliphatic rings. The molecule has 0 aliphatic carbocycles. The number of halogens is 4. The van der Waals surface area contributed by atoms with Crippen LogP contribution in [0.5, 0.6) is 5.75 Å². The molecule has 3 nitrogen and oxygen atoms in total. The average molecular weight is 251 g/mol. The van der Waals surface area contributed by atoms with Gasteiger partial charge in [-0.15, -0.1) is 0 Å². The number of ether oxygens (including phenoxy) is 1. The fraction of sp³-hybridized carbons (Fsp3) is 0.300. The first-order valence-electron chi connectivity index (χ1n) is 4.50. The summed E-state index contributed by atoms with van der Waals surface area (Å²) in [5, 5.41) is 0. The summed E-state index contributed by atoms with van der Waals surface area (Å²) >= 11 is 0. The van der Waals surface area contributed by atoms with Gasteiger partial charge in [-0.3, -0.25) is 4.79 Å². The topological polar surface area (TPSA) is 52.3 Å². The molecule has 0 unspecified atom stereocenters. The van der Waals surface area contributed by atoms with Gasteiger partial charge in [0.1, 0.15) is 0 Å². The standard InChI is InChI=1S/C10H9F4NO2/c1-4(16)5-2-3-6(15)8(17-10(13)14)7(5)9(11)12/h2-3,9-10H,15H2,1H3. The molecule has 0 radical (unpaired) electrons. The SMILES string of the molecule is CC(=O)c1ccc(N)c(OC(F)F)c1C(F)F. The maximum atomic E-state index is 12.7. The van der Waals surface area contributed by atoms with Gasteiger partial charge < -0.3 is 10.5 Å². The van der Waals surface area contributed by atoms with Gasteiger partial charge >= 0.3 is 6.61 Å². The number of alkyl halides is 4. The number of hydrogen-bond acceptors (Lipinski definition) is 3. The first kappa shape index (κ1) is 13.3. The predicted octanol–water partition coefficient (Wildman–Crippen LogP) is 3.01. The second kappa shape index (κ2) is 5.03. The lowest BCUT2D eigenvalue weighted by Crippen LogP contribution is -2.10. The zero-order valence-electron chi connectivity index (χ0n) is 8.72. The zero-order chi connectivity index (χ0) is 13.2. The third-order valence-corrected chi connectivity index (χ3v) is 2.03. The van der Waals surface area contributed by atoms with Crippen molar-refractivity contribution in [3.05, 3.63) is 23.3 Å². The molecule has 0 saturated heterocycles. The van der Waals surface area contributed by atoms with Crippen molar-refractivity contribution in [3.8, 4) is 5.75 Å². The number of Topliss-reactive ketones (excluding diaryl/α,β-unsaturated/α-hetero) is 1. The van der Waals surface area contributed by atoms with E-state index in [9.17, 15) is 22.4 Å². The molecule has 2 N–H and O–H groups in total. The lowest BCUT2D eigenvalue weighted by atomic mass is 10.0. The molecule has 0 aliphatic heterocycles. The Bertz CT molecular complexity index is 435. The Labute approximate surface area is 94.2 Å². The van der Waals surface area contributed by atoms with Crippen molar-refractivity contribution in [1.82, 2.24) is 0 Å². The maximum absolute atomic E-state index is 12.7. The highest BCUT2D eigenvalue weighted by atomic mass is 19.3. The number of ketones is 1. The van der Waals surface area contributed by atoms with Crippen molar-refractivity contribution >= 4 is 11.5 Å². The molecular weight excluding hydrogens is 242 g/mol. The van der Waals surface area contributed by atoms with E-state index in [-0.39, 0.29) is 11.3 Å². The van der Waals surface area contributed by atoms with Crippen molar-refractivity contribution in [2.45, 2.75) is 20.0 Å². The number of hydrogen-bond donors (Lipinski definition) is 1. The van der Waals surface area contributed by atoms with Crippen LogP contribution in [0.1, 0.15) is 29.3 Å². The Morgan fingerprint density at radius 3 is 2.29 bits per heavy atom. The number of anilines is 1. The molecule has 0 aromatic heterocycles. The zero-order valence-corrected chi connectivity index (χ0v) is 8.72. The van der Waals surface area contributed by atoms with Crippen LogP contribution in [-0.2, 0) is 0 Å². The van der Waals surface area contributed by atoms with E-state index in [4.69, 9.17) is 5.73 Å². The van der Waals surface area contributed by atoms with Crippen molar-refractivity contribution in [1.29, 1.82) is 0 Å². The Kier molecular flexibility index (Phi) is 3.93. The number of benzene rings is 1. The molecule has 0 atom stereocenters. The maximum Gasteiger partial charge on any atom is 0.387 e. The second-order valence-corrected chi connectivity index (χ2v) is 3.18. The van der Waals surface area contributed by atoms with Crippen molar-refractivity contribution < 1.29 is 27.1 Å². The van der Waals surface area contributed by atoms with Gasteiger partial charge in [-0.05, 0) is 19.1 Å². The molecule has 94 valence electrons. The minimum Gasteiger partial charge on any atom is -0.432 e. The first-order chi connectivity index (χ1) is 7.84. The van der Waals surface area contributed by atoms with Crippen molar-refractivity contribution in [3.63, 3.8) is 0 Å². The Morgan fingerprint density at radius 2 is 1.88 bits per heavy atom. The minimum atomic E-state index is -3.29. The van der Waals surface area contributed by atoms with E-state index in [1.807, 2.05) is 0 Å². The van der Waals surface area contributed by atoms with Gasteiger partial charge in [-0.1, -0.05) is 0 Å². The van der Waals surface area contributed by atoms with E-state index in [0.717, 1.165) is 19.1 Å². The smallest absolute Gasteiger partial charge is 0.387 e. The normalized spacial score (nSPS) is 11.0. The van der Waals surface area contributed by atoms with Gasteiger partial charge in [0.25, 0.3) is 6.43 Å². The molecule has 1 aromatic carbocycles. The summed E-state index contributed by atoms with van der Waals surface area (Å²) in [5.74, 6) is -1.53. The quantitative estimate of drug-likeness (QED) is 0.508. The van der Waals surface area contributed by atoms with Crippen LogP contribution < -0.4 is 10.5 Å². The van der Waals surface area contributed by atoms with Gasteiger partial charge in [-0.2, -0.15) is 8.78 Å². The van der Waals surface area contributed by atoms with Gasteiger partial charge in [-0.25, -0.2) is 8.78 Å². The van der Waals surface area contributed by atoms with Crippen LogP contribution in [0, 0.1) is 0 Å². The van der Waals surface area contributed by atoms with E-state index in [1.165, 1.54) is 0 Å². The Hall–Kier alpha value is -1.79.